The van der Waals surface area contributed by atoms with Crippen molar-refractivity contribution in [2.45, 2.75) is 58.0 Å². The van der Waals surface area contributed by atoms with E-state index in [1.54, 1.807) is 0 Å². The average Bonchev–Trinajstić information content (AvgIpc) is 2.40. The molecule has 1 unspecified atom stereocenters. The second kappa shape index (κ2) is 6.24. The van der Waals surface area contributed by atoms with Crippen molar-refractivity contribution in [1.29, 1.82) is 0 Å². The van der Waals surface area contributed by atoms with Gasteiger partial charge in [-0.05, 0) is 50.3 Å². The Morgan fingerprint density at radius 2 is 2.00 bits per heavy atom. The number of anilines is 1. The first kappa shape index (κ1) is 13.4. The molecule has 0 aliphatic carbocycles. The molecule has 1 fully saturated rings. The fourth-order valence-electron chi connectivity index (χ4n) is 2.94. The number of hydrogen-bond acceptors (Lipinski definition) is 2. The van der Waals surface area contributed by atoms with Gasteiger partial charge in [0.1, 0.15) is 0 Å². The minimum Gasteiger partial charge on any atom is -0.369 e. The van der Waals surface area contributed by atoms with Crippen LogP contribution in [0.15, 0.2) is 24.3 Å². The highest BCUT2D eigenvalue weighted by Crippen LogP contribution is 2.28. The Bertz CT molecular complexity index is 354. The number of benzene rings is 1. The van der Waals surface area contributed by atoms with Crippen LogP contribution in [0.25, 0.3) is 0 Å². The maximum atomic E-state index is 5.90. The molecule has 0 radical (unpaired) electrons. The lowest BCUT2D eigenvalue weighted by Gasteiger charge is -2.37. The first-order valence-corrected chi connectivity index (χ1v) is 7.34. The molecule has 0 amide bonds. The van der Waals surface area contributed by atoms with Gasteiger partial charge in [-0.15, -0.1) is 0 Å². The van der Waals surface area contributed by atoms with Crippen molar-refractivity contribution in [1.82, 2.24) is 0 Å². The zero-order valence-corrected chi connectivity index (χ0v) is 11.7. The third-order valence-corrected chi connectivity index (χ3v) is 4.00. The smallest absolute Gasteiger partial charge is 0.0368 e. The van der Waals surface area contributed by atoms with E-state index in [9.17, 15) is 0 Å². The van der Waals surface area contributed by atoms with Crippen molar-refractivity contribution in [3.8, 4) is 0 Å². The Labute approximate surface area is 111 Å². The van der Waals surface area contributed by atoms with Gasteiger partial charge in [0, 0.05) is 24.3 Å². The summed E-state index contributed by atoms with van der Waals surface area (Å²) in [5.74, 6) is 0. The molecular formula is C16H26N2. The standard InChI is InChI=1S/C16H26N2/c1-3-6-15-7-4-5-12-18(15)16-10-8-14(9-11-16)13(2)17/h8-11,13,15H,3-7,12,17H2,1-2H3/t13-,15?/m1/s1. The van der Waals surface area contributed by atoms with Crippen molar-refractivity contribution in [2.75, 3.05) is 11.4 Å². The highest BCUT2D eigenvalue weighted by atomic mass is 15.2. The quantitative estimate of drug-likeness (QED) is 0.874. The van der Waals surface area contributed by atoms with Gasteiger partial charge in [0.15, 0.2) is 0 Å². The highest BCUT2D eigenvalue weighted by molar-refractivity contribution is 5.49. The predicted octanol–water partition coefficient (Wildman–Crippen LogP) is 3.87. The van der Waals surface area contributed by atoms with Gasteiger partial charge >= 0.3 is 0 Å². The maximum absolute atomic E-state index is 5.90. The summed E-state index contributed by atoms with van der Waals surface area (Å²) in [7, 11) is 0. The van der Waals surface area contributed by atoms with Crippen LogP contribution in [0.4, 0.5) is 5.69 Å². The van der Waals surface area contributed by atoms with Crippen molar-refractivity contribution >= 4 is 5.69 Å². The molecule has 2 atom stereocenters. The summed E-state index contributed by atoms with van der Waals surface area (Å²) in [5.41, 5.74) is 8.50. The molecule has 2 N–H and O–H groups in total. The molecule has 0 bridgehead atoms. The van der Waals surface area contributed by atoms with Crippen molar-refractivity contribution in [3.63, 3.8) is 0 Å². The van der Waals surface area contributed by atoms with Gasteiger partial charge in [-0.2, -0.15) is 0 Å². The minimum atomic E-state index is 0.131. The predicted molar refractivity (Wildman–Crippen MR) is 78.9 cm³/mol. The summed E-state index contributed by atoms with van der Waals surface area (Å²) in [4.78, 5) is 2.60. The molecule has 0 saturated carbocycles. The van der Waals surface area contributed by atoms with E-state index in [0.29, 0.717) is 0 Å². The SMILES string of the molecule is CCCC1CCCCN1c1ccc([C@@H](C)N)cc1. The van der Waals surface area contributed by atoms with Crippen LogP contribution < -0.4 is 10.6 Å². The van der Waals surface area contributed by atoms with Gasteiger partial charge in [-0.25, -0.2) is 0 Å². The number of hydrogen-bond donors (Lipinski definition) is 1. The number of nitrogens with zero attached hydrogens (tertiary/aromatic N) is 1. The topological polar surface area (TPSA) is 29.3 Å². The van der Waals surface area contributed by atoms with Gasteiger partial charge in [0.25, 0.3) is 0 Å². The van der Waals surface area contributed by atoms with Crippen molar-refractivity contribution < 1.29 is 0 Å². The lowest BCUT2D eigenvalue weighted by Crippen LogP contribution is -2.39. The van der Waals surface area contributed by atoms with Crippen LogP contribution in [0.3, 0.4) is 0 Å². The molecule has 1 aromatic carbocycles. The number of nitrogens with two attached hydrogens (primary N) is 1. The van der Waals surface area contributed by atoms with E-state index in [1.165, 1.54) is 49.9 Å². The van der Waals surface area contributed by atoms with E-state index in [-0.39, 0.29) is 6.04 Å². The lowest BCUT2D eigenvalue weighted by molar-refractivity contribution is 0.435. The zero-order chi connectivity index (χ0) is 13.0. The van der Waals surface area contributed by atoms with Gasteiger partial charge in [0.05, 0.1) is 0 Å². The summed E-state index contributed by atoms with van der Waals surface area (Å²) in [6.45, 7) is 5.53. The highest BCUT2D eigenvalue weighted by Gasteiger charge is 2.21. The van der Waals surface area contributed by atoms with Crippen LogP contribution in [0.1, 0.15) is 57.6 Å². The van der Waals surface area contributed by atoms with Gasteiger partial charge in [-0.3, -0.25) is 0 Å². The molecule has 100 valence electrons. The zero-order valence-electron chi connectivity index (χ0n) is 11.7. The summed E-state index contributed by atoms with van der Waals surface area (Å²) in [5, 5.41) is 0. The molecule has 1 aromatic rings. The number of piperidine rings is 1. The van der Waals surface area contributed by atoms with E-state index < -0.39 is 0 Å². The van der Waals surface area contributed by atoms with Crippen molar-refractivity contribution in [3.05, 3.63) is 29.8 Å². The third-order valence-electron chi connectivity index (χ3n) is 4.00. The minimum absolute atomic E-state index is 0.131. The maximum Gasteiger partial charge on any atom is 0.0368 e. The van der Waals surface area contributed by atoms with Crippen molar-refractivity contribution in [2.24, 2.45) is 5.73 Å². The van der Waals surface area contributed by atoms with Gasteiger partial charge < -0.3 is 10.6 Å². The Balaban J connectivity index is 2.12. The largest absolute Gasteiger partial charge is 0.369 e. The molecule has 1 heterocycles. The average molecular weight is 246 g/mol. The second-order valence-electron chi connectivity index (χ2n) is 5.51. The van der Waals surface area contributed by atoms with E-state index in [1.807, 2.05) is 6.92 Å². The van der Waals surface area contributed by atoms with Crippen LogP contribution in [0, 0.1) is 0 Å². The Morgan fingerprint density at radius 3 is 2.61 bits per heavy atom. The molecule has 2 heteroatoms. The van der Waals surface area contributed by atoms with E-state index in [4.69, 9.17) is 5.73 Å². The fourth-order valence-corrected chi connectivity index (χ4v) is 2.94. The summed E-state index contributed by atoms with van der Waals surface area (Å²) in [6.07, 6.45) is 6.66. The van der Waals surface area contributed by atoms with E-state index >= 15 is 0 Å². The molecule has 1 aliphatic rings. The monoisotopic (exact) mass is 246 g/mol. The summed E-state index contributed by atoms with van der Waals surface area (Å²) >= 11 is 0. The van der Waals surface area contributed by atoms with E-state index in [2.05, 4.69) is 36.1 Å². The molecule has 18 heavy (non-hydrogen) atoms. The van der Waals surface area contributed by atoms with Crippen LogP contribution in [-0.2, 0) is 0 Å². The molecule has 1 saturated heterocycles. The summed E-state index contributed by atoms with van der Waals surface area (Å²) < 4.78 is 0. The molecule has 0 aromatic heterocycles. The number of rotatable bonds is 4. The van der Waals surface area contributed by atoms with Crippen LogP contribution >= 0.6 is 0 Å². The molecule has 1 aliphatic heterocycles. The third kappa shape index (κ3) is 3.05. The fraction of sp³-hybridized carbons (Fsp3) is 0.625. The summed E-state index contributed by atoms with van der Waals surface area (Å²) in [6, 6.07) is 9.71. The molecule has 2 rings (SSSR count). The van der Waals surface area contributed by atoms with Crippen LogP contribution in [0.2, 0.25) is 0 Å². The first-order chi connectivity index (χ1) is 8.72. The second-order valence-corrected chi connectivity index (χ2v) is 5.51. The Hall–Kier alpha value is -1.02. The normalized spacial score (nSPS) is 21.9. The molecule has 0 spiro atoms. The van der Waals surface area contributed by atoms with Gasteiger partial charge in [0.2, 0.25) is 0 Å². The van der Waals surface area contributed by atoms with Gasteiger partial charge in [-0.1, -0.05) is 25.5 Å². The Kier molecular flexibility index (Phi) is 4.65. The first-order valence-electron chi connectivity index (χ1n) is 7.34. The molecular weight excluding hydrogens is 220 g/mol. The molecule has 2 nitrogen and oxygen atoms in total. The van der Waals surface area contributed by atoms with E-state index in [0.717, 1.165) is 6.04 Å². The Morgan fingerprint density at radius 1 is 1.28 bits per heavy atom. The lowest BCUT2D eigenvalue weighted by atomic mass is 9.97. The van der Waals surface area contributed by atoms with Crippen LogP contribution in [0.5, 0.6) is 0 Å². The van der Waals surface area contributed by atoms with Crippen LogP contribution in [-0.4, -0.2) is 12.6 Å².